The Labute approximate surface area is 189 Å². The Kier molecular flexibility index (Phi) is 6.17. The number of aliphatic imine (C=N–C) groups is 1. The smallest absolute Gasteiger partial charge is 0.0864 e. The molecule has 0 saturated heterocycles. The Bertz CT molecular complexity index is 1120. The topological polar surface area (TPSA) is 24.4 Å². The van der Waals surface area contributed by atoms with Crippen molar-refractivity contribution in [1.29, 1.82) is 0 Å². The highest BCUT2D eigenvalue weighted by Crippen LogP contribution is 2.37. The minimum absolute atomic E-state index is 0.0486. The van der Waals surface area contributed by atoms with Crippen LogP contribution in [0.2, 0.25) is 20.1 Å². The number of halogens is 4. The van der Waals surface area contributed by atoms with Crippen LogP contribution in [0.3, 0.4) is 0 Å². The summed E-state index contributed by atoms with van der Waals surface area (Å²) in [6.45, 7) is 0. The van der Waals surface area contributed by atoms with Gasteiger partial charge < -0.3 is 5.32 Å². The number of rotatable bonds is 3. The normalized spacial score (nSPS) is 16.1. The lowest BCUT2D eigenvalue weighted by Crippen LogP contribution is -2.13. The highest BCUT2D eigenvalue weighted by molar-refractivity contribution is 6.36. The average molecular weight is 462 g/mol. The molecular formula is C23H16Cl4N2. The second-order valence-corrected chi connectivity index (χ2v) is 8.37. The van der Waals surface area contributed by atoms with Crippen molar-refractivity contribution in [2.75, 3.05) is 5.32 Å². The molecule has 0 radical (unpaired) electrons. The second-order valence-electron chi connectivity index (χ2n) is 6.69. The van der Waals surface area contributed by atoms with Gasteiger partial charge in [0.05, 0.1) is 17.4 Å². The van der Waals surface area contributed by atoms with E-state index in [1.54, 1.807) is 12.1 Å². The van der Waals surface area contributed by atoms with E-state index in [1.165, 1.54) is 0 Å². The number of hydrogen-bond acceptors (Lipinski definition) is 2. The first-order valence-corrected chi connectivity index (χ1v) is 10.5. The van der Waals surface area contributed by atoms with Gasteiger partial charge in [0.2, 0.25) is 0 Å². The van der Waals surface area contributed by atoms with E-state index in [-0.39, 0.29) is 6.04 Å². The van der Waals surface area contributed by atoms with Crippen LogP contribution in [0.15, 0.2) is 71.7 Å². The number of nitrogens with one attached hydrogen (secondary N) is 1. The maximum Gasteiger partial charge on any atom is 0.0864 e. The minimum Gasteiger partial charge on any atom is -0.376 e. The Hall–Kier alpha value is -1.97. The van der Waals surface area contributed by atoms with Crippen molar-refractivity contribution >= 4 is 69.6 Å². The number of nitrogens with zero attached hydrogens (tertiary/aromatic N) is 1. The molecule has 0 bridgehead atoms. The zero-order chi connectivity index (χ0) is 20.4. The summed E-state index contributed by atoms with van der Waals surface area (Å²) in [6, 6.07) is 18.9. The number of anilines is 1. The molecule has 4 rings (SSSR count). The number of fused-ring (bicyclic) bond motifs is 1. The van der Waals surface area contributed by atoms with E-state index < -0.39 is 0 Å². The van der Waals surface area contributed by atoms with Gasteiger partial charge in [-0.3, -0.25) is 4.99 Å². The van der Waals surface area contributed by atoms with E-state index in [2.05, 4.69) is 5.32 Å². The minimum atomic E-state index is -0.0486. The molecule has 0 aliphatic carbocycles. The van der Waals surface area contributed by atoms with Crippen LogP contribution in [0.4, 0.5) is 11.4 Å². The molecule has 1 unspecified atom stereocenters. The number of benzene rings is 3. The summed E-state index contributed by atoms with van der Waals surface area (Å²) in [7, 11) is 0. The quantitative estimate of drug-likeness (QED) is 0.414. The van der Waals surface area contributed by atoms with Crippen molar-refractivity contribution in [1.82, 2.24) is 0 Å². The Morgan fingerprint density at radius 3 is 2.31 bits per heavy atom. The number of para-hydroxylation sites is 2. The van der Waals surface area contributed by atoms with Crippen LogP contribution in [0.25, 0.3) is 6.08 Å². The van der Waals surface area contributed by atoms with Crippen molar-refractivity contribution in [2.24, 2.45) is 4.99 Å². The van der Waals surface area contributed by atoms with E-state index in [9.17, 15) is 0 Å². The molecule has 1 N–H and O–H groups in total. The first-order valence-electron chi connectivity index (χ1n) is 9.01. The fourth-order valence-corrected chi connectivity index (χ4v) is 4.25. The van der Waals surface area contributed by atoms with E-state index in [1.807, 2.05) is 60.7 Å². The molecule has 1 aliphatic heterocycles. The van der Waals surface area contributed by atoms with E-state index in [0.717, 1.165) is 28.2 Å². The zero-order valence-corrected chi connectivity index (χ0v) is 18.2. The zero-order valence-electron chi connectivity index (χ0n) is 15.2. The van der Waals surface area contributed by atoms with Crippen LogP contribution in [-0.4, -0.2) is 5.71 Å². The first kappa shape index (κ1) is 20.3. The molecular weight excluding hydrogens is 446 g/mol. The Morgan fingerprint density at radius 1 is 0.828 bits per heavy atom. The maximum absolute atomic E-state index is 6.49. The molecule has 0 aromatic heterocycles. The lowest BCUT2D eigenvalue weighted by molar-refractivity contribution is 0.830. The van der Waals surface area contributed by atoms with Gasteiger partial charge in [0, 0.05) is 32.2 Å². The standard InChI is InChI=1S/C23H16Cl4N2/c24-15-7-5-14(19(26)11-15)6-9-17-13-23(18-10-8-16(25)12-20(18)27)29-22-4-2-1-3-21(22)28-17/h1-12,23,29H,13H2/b9-6+. The van der Waals surface area contributed by atoms with Gasteiger partial charge in [-0.1, -0.05) is 76.7 Å². The monoisotopic (exact) mass is 460 g/mol. The number of allylic oxidation sites excluding steroid dienone is 1. The fraction of sp³-hybridized carbons (Fsp3) is 0.0870. The molecule has 3 aromatic carbocycles. The maximum atomic E-state index is 6.49. The van der Waals surface area contributed by atoms with Crippen molar-refractivity contribution in [2.45, 2.75) is 12.5 Å². The molecule has 2 nitrogen and oxygen atoms in total. The third-order valence-corrected chi connectivity index (χ3v) is 5.79. The SMILES string of the molecule is Clc1ccc(/C=C/C2=Nc3ccccc3NC(c3ccc(Cl)cc3Cl)C2)c(Cl)c1. The third-order valence-electron chi connectivity index (χ3n) is 4.67. The molecule has 0 amide bonds. The molecule has 1 heterocycles. The van der Waals surface area contributed by atoms with Gasteiger partial charge in [-0.05, 0) is 53.6 Å². The highest BCUT2D eigenvalue weighted by Gasteiger charge is 2.21. The molecule has 0 saturated carbocycles. The molecule has 1 aliphatic rings. The van der Waals surface area contributed by atoms with Crippen LogP contribution in [0, 0.1) is 0 Å². The summed E-state index contributed by atoms with van der Waals surface area (Å²) in [4.78, 5) is 4.85. The van der Waals surface area contributed by atoms with Gasteiger partial charge in [-0.25, -0.2) is 0 Å². The van der Waals surface area contributed by atoms with Gasteiger partial charge in [-0.15, -0.1) is 0 Å². The van der Waals surface area contributed by atoms with E-state index >= 15 is 0 Å². The molecule has 1 atom stereocenters. The first-order chi connectivity index (χ1) is 14.0. The average Bonchev–Trinajstić information content (AvgIpc) is 2.86. The second kappa shape index (κ2) is 8.81. The summed E-state index contributed by atoms with van der Waals surface area (Å²) in [5, 5.41) is 6.00. The van der Waals surface area contributed by atoms with Crippen LogP contribution in [0.5, 0.6) is 0 Å². The highest BCUT2D eigenvalue weighted by atomic mass is 35.5. The van der Waals surface area contributed by atoms with E-state index in [0.29, 0.717) is 26.5 Å². The third kappa shape index (κ3) is 4.79. The lowest BCUT2D eigenvalue weighted by Gasteiger charge is -2.20. The predicted octanol–water partition coefficient (Wildman–Crippen LogP) is 8.64. The van der Waals surface area contributed by atoms with Crippen molar-refractivity contribution in [3.05, 3.63) is 98.0 Å². The predicted molar refractivity (Wildman–Crippen MR) is 126 cm³/mol. The van der Waals surface area contributed by atoms with Gasteiger partial charge in [0.15, 0.2) is 0 Å². The van der Waals surface area contributed by atoms with Crippen molar-refractivity contribution in [3.63, 3.8) is 0 Å². The molecule has 6 heteroatoms. The van der Waals surface area contributed by atoms with Crippen molar-refractivity contribution in [3.8, 4) is 0 Å². The lowest BCUT2D eigenvalue weighted by atomic mass is 10.00. The van der Waals surface area contributed by atoms with Gasteiger partial charge in [0.1, 0.15) is 0 Å². The molecule has 0 spiro atoms. The molecule has 0 fully saturated rings. The van der Waals surface area contributed by atoms with Gasteiger partial charge in [0.25, 0.3) is 0 Å². The molecule has 29 heavy (non-hydrogen) atoms. The fourth-order valence-electron chi connectivity index (χ4n) is 3.24. The van der Waals surface area contributed by atoms with Crippen molar-refractivity contribution < 1.29 is 0 Å². The summed E-state index contributed by atoms with van der Waals surface area (Å²) < 4.78 is 0. The van der Waals surface area contributed by atoms with Crippen LogP contribution in [-0.2, 0) is 0 Å². The summed E-state index contributed by atoms with van der Waals surface area (Å²) in [5.74, 6) is 0. The van der Waals surface area contributed by atoms with Crippen LogP contribution in [0.1, 0.15) is 23.6 Å². The van der Waals surface area contributed by atoms with Gasteiger partial charge in [-0.2, -0.15) is 0 Å². The van der Waals surface area contributed by atoms with Gasteiger partial charge >= 0.3 is 0 Å². The summed E-state index contributed by atoms with van der Waals surface area (Å²) in [6.07, 6.45) is 4.58. The largest absolute Gasteiger partial charge is 0.376 e. The van der Waals surface area contributed by atoms with E-state index in [4.69, 9.17) is 51.4 Å². The summed E-state index contributed by atoms with van der Waals surface area (Å²) >= 11 is 24.9. The number of hydrogen-bond donors (Lipinski definition) is 1. The Morgan fingerprint density at radius 2 is 1.55 bits per heavy atom. The Balaban J connectivity index is 1.72. The summed E-state index contributed by atoms with van der Waals surface area (Å²) in [5.41, 5.74) is 4.59. The van der Waals surface area contributed by atoms with Crippen LogP contribution >= 0.6 is 46.4 Å². The molecule has 146 valence electrons. The van der Waals surface area contributed by atoms with Crippen LogP contribution < -0.4 is 5.32 Å². The molecule has 3 aromatic rings.